The fraction of sp³-hybridized carbons (Fsp3) is 0.190. The zero-order valence-corrected chi connectivity index (χ0v) is 81.8. The number of aliphatic hydroxyl groups is 1. The molecule has 34 nitrogen and oxygen atoms in total. The molecule has 0 aromatic heterocycles. The average molecular weight is 1990 g/mol. The molecule has 39 heteroatoms. The number of benzene rings is 10. The molecule has 1 saturated heterocycles. The number of phenols is 1. The van der Waals surface area contributed by atoms with Crippen molar-refractivity contribution in [1.29, 1.82) is 0 Å². The number of nitro groups is 1. The second-order valence-electron chi connectivity index (χ2n) is 28.3. The molecular formula is C105H118F5N17O17. The predicted molar refractivity (Wildman–Crippen MR) is 555 cm³/mol. The number of phenolic OH excluding ortho intramolecular Hbond substituents is 1. The van der Waals surface area contributed by atoms with Crippen molar-refractivity contribution in [3.63, 3.8) is 0 Å². The van der Waals surface area contributed by atoms with Gasteiger partial charge in [0, 0.05) is 118 Å². The Morgan fingerprint density at radius 2 is 0.701 bits per heavy atom. The Morgan fingerprint density at radius 3 is 1.03 bits per heavy atom. The van der Waals surface area contributed by atoms with Crippen LogP contribution in [0.3, 0.4) is 0 Å². The zero-order valence-electron chi connectivity index (χ0n) is 81.8. The van der Waals surface area contributed by atoms with E-state index in [1.165, 1.54) is 74.5 Å². The topological polar surface area (TPSA) is 467 Å². The summed E-state index contributed by atoms with van der Waals surface area (Å²) in [5, 5.41) is 61.2. The number of methoxy groups -OCH3 is 2. The average Bonchev–Trinajstić information content (AvgIpc) is 0.916. The van der Waals surface area contributed by atoms with Crippen molar-refractivity contribution >= 4 is 132 Å². The largest absolute Gasteiger partial charge is 0.508 e. The van der Waals surface area contributed by atoms with Gasteiger partial charge in [-0.2, -0.15) is 25.5 Å². The van der Waals surface area contributed by atoms with E-state index in [9.17, 15) is 85.1 Å². The molecule has 144 heavy (non-hydrogen) atoms. The van der Waals surface area contributed by atoms with Crippen LogP contribution in [0, 0.1) is 24.0 Å². The lowest BCUT2D eigenvalue weighted by Crippen LogP contribution is -2.18. The number of nitro benzene ring substituents is 1. The highest BCUT2D eigenvalue weighted by atomic mass is 19.1. The molecule has 0 unspecified atom stereocenters. The molecular weight excluding hydrogens is 1870 g/mol. The van der Waals surface area contributed by atoms with Gasteiger partial charge < -0.3 is 55.9 Å². The minimum Gasteiger partial charge on any atom is -0.508 e. The Balaban J connectivity index is 0.000000595. The highest BCUT2D eigenvalue weighted by Crippen LogP contribution is 2.32. The zero-order chi connectivity index (χ0) is 107. The molecule has 0 atom stereocenters. The van der Waals surface area contributed by atoms with Crippen LogP contribution >= 0.6 is 0 Å². The fourth-order valence-electron chi connectivity index (χ4n) is 11.7. The number of hydrogen-bond acceptors (Lipinski definition) is 23. The van der Waals surface area contributed by atoms with Crippen LogP contribution in [0.15, 0.2) is 280 Å². The Hall–Kier alpha value is -18.0. The van der Waals surface area contributed by atoms with Crippen molar-refractivity contribution < 1.29 is 99.2 Å². The number of anilines is 1. The minimum atomic E-state index is -0.620. The molecule has 12 N–H and O–H groups in total. The van der Waals surface area contributed by atoms with Crippen LogP contribution in [-0.2, 0) is 24.0 Å². The number of aryl methyl sites for hydroxylation is 2. The van der Waals surface area contributed by atoms with Crippen molar-refractivity contribution in [2.75, 3.05) is 117 Å². The van der Waals surface area contributed by atoms with Gasteiger partial charge in [-0.05, 0) is 222 Å². The Morgan fingerprint density at radius 1 is 0.382 bits per heavy atom. The second-order valence-corrected chi connectivity index (χ2v) is 28.3. The van der Waals surface area contributed by atoms with Gasteiger partial charge >= 0.3 is 0 Å². The normalized spacial score (nSPS) is 10.9. The summed E-state index contributed by atoms with van der Waals surface area (Å²) < 4.78 is 63.4. The van der Waals surface area contributed by atoms with Crippen LogP contribution in [0.1, 0.15) is 131 Å². The third-order valence-electron chi connectivity index (χ3n) is 18.6. The number of rotatable bonds is 32. The summed E-state index contributed by atoms with van der Waals surface area (Å²) in [5.74, 6) is -1.31. The first kappa shape index (κ1) is 122. The number of hydrogen-bond donors (Lipinski definition) is 12. The van der Waals surface area contributed by atoms with Crippen LogP contribution in [0.5, 0.6) is 23.0 Å². The molecule has 0 spiro atoms. The molecule has 0 bridgehead atoms. The first-order valence-corrected chi connectivity index (χ1v) is 43.3. The summed E-state index contributed by atoms with van der Waals surface area (Å²) >= 11 is 0. The third kappa shape index (κ3) is 47.3. The van der Waals surface area contributed by atoms with E-state index < -0.39 is 10.8 Å². The van der Waals surface area contributed by atoms with E-state index in [1.54, 1.807) is 219 Å². The summed E-state index contributed by atoms with van der Waals surface area (Å²) in [4.78, 5) is 130. The lowest BCUT2D eigenvalue weighted by atomic mass is 10.1. The van der Waals surface area contributed by atoms with Crippen LogP contribution in [0.2, 0.25) is 0 Å². The molecule has 1 fully saturated rings. The van der Waals surface area contributed by atoms with Crippen molar-refractivity contribution in [3.8, 4) is 23.0 Å². The van der Waals surface area contributed by atoms with E-state index in [0.29, 0.717) is 81.0 Å². The molecule has 1 aliphatic rings. The molecule has 1 aliphatic heterocycles. The molecule has 0 radical (unpaired) electrons. The number of aromatic hydroxyl groups is 1. The first-order chi connectivity index (χ1) is 69.7. The van der Waals surface area contributed by atoms with Crippen LogP contribution in [-0.4, -0.2) is 217 Å². The maximum absolute atomic E-state index is 12.3. The smallest absolute Gasteiger partial charge is 0.278 e. The summed E-state index contributed by atoms with van der Waals surface area (Å²) in [7, 11) is 13.4. The number of halogens is 5. The number of alkyl halides is 5. The number of nitrogens with zero attached hydrogens (tertiary/aromatic N) is 7. The quantitative estimate of drug-likeness (QED) is 0.00612. The highest BCUT2D eigenvalue weighted by Gasteiger charge is 2.17. The van der Waals surface area contributed by atoms with Crippen LogP contribution in [0.4, 0.5) is 33.3 Å². The van der Waals surface area contributed by atoms with Gasteiger partial charge in [0.25, 0.3) is 35.2 Å². The van der Waals surface area contributed by atoms with Gasteiger partial charge in [-0.15, -0.1) is 0 Å². The van der Waals surface area contributed by atoms with Crippen molar-refractivity contribution in [3.05, 3.63) is 360 Å². The summed E-state index contributed by atoms with van der Waals surface area (Å²) in [5.41, 5.74) is 24.3. The number of hydrazone groups is 5. The van der Waals surface area contributed by atoms with Gasteiger partial charge in [0.05, 0.1) is 98.3 Å². The lowest BCUT2D eigenvalue weighted by Gasteiger charge is -2.17. The number of ether oxygens (including phenoxy) is 3. The van der Waals surface area contributed by atoms with Gasteiger partial charge in [-0.3, -0.25) is 80.0 Å². The lowest BCUT2D eigenvalue weighted by molar-refractivity contribution is -0.385. The van der Waals surface area contributed by atoms with Crippen molar-refractivity contribution in [2.45, 2.75) is 26.7 Å². The van der Waals surface area contributed by atoms with Crippen LogP contribution < -0.4 is 72.8 Å². The molecule has 10 aromatic rings. The predicted octanol–water partition coefficient (Wildman–Crippen LogP) is 14.2. The van der Waals surface area contributed by atoms with E-state index >= 15 is 0 Å². The summed E-state index contributed by atoms with van der Waals surface area (Å²) in [6, 6.07) is 64.3. The van der Waals surface area contributed by atoms with Gasteiger partial charge in [0.1, 0.15) is 18.1 Å². The van der Waals surface area contributed by atoms with E-state index in [0.717, 1.165) is 87.1 Å². The van der Waals surface area contributed by atoms with Gasteiger partial charge in [0.2, 0.25) is 29.5 Å². The summed E-state index contributed by atoms with van der Waals surface area (Å²) in [6.07, 6.45) is 24.9. The molecule has 10 amide bonds. The number of likely N-dealkylation sites (N-methyl/N-ethyl adjacent to an activating group) is 5. The Labute approximate surface area is 832 Å². The number of nitrogens with one attached hydrogen (secondary N) is 10. The molecule has 0 aliphatic carbocycles. The molecule has 11 rings (SSSR count). The van der Waals surface area contributed by atoms with E-state index in [2.05, 4.69) is 96.3 Å². The SMILES string of the molecule is CF.CF.CF.CF.CF.CNC(=O)/C=C/c1cccc(C(=O)N/N=C/c2cc(C)c(OC)c(OC)c2)c1.CNC(=O)/C=C/c1cccc(C(=O)N/N=C/c2cc(O)ccc2[N+](=O)[O-])c1.CNC(=O)/C=C/c1cccc(C(=O)N/N=C/c2ccc(C)cc2)c1.CNC(=O)/C=C/c1cccc(C(=O)N/N=C/c2ccc(N3CCCC3)cc2)c1.CNC(=O)/C=C/c1cccc(C(=O)N/N=C/c2cccc(OCCO)c2)c1. The van der Waals surface area contributed by atoms with Crippen molar-refractivity contribution in [1.82, 2.24) is 53.7 Å². The number of amides is 10. The monoisotopic (exact) mass is 1980 g/mol. The highest BCUT2D eigenvalue weighted by molar-refractivity contribution is 6.01. The van der Waals surface area contributed by atoms with Gasteiger partial charge in [-0.1, -0.05) is 115 Å². The molecule has 760 valence electrons. The maximum atomic E-state index is 12.3. The second kappa shape index (κ2) is 72.3. The third-order valence-corrected chi connectivity index (χ3v) is 18.6. The number of carbonyl (C=O) groups is 10. The number of carbonyl (C=O) groups excluding carboxylic acids is 10. The van der Waals surface area contributed by atoms with Crippen LogP contribution in [0.25, 0.3) is 30.4 Å². The van der Waals surface area contributed by atoms with E-state index in [-0.39, 0.29) is 88.9 Å². The van der Waals surface area contributed by atoms with Gasteiger partial charge in [0.15, 0.2) is 11.5 Å². The van der Waals surface area contributed by atoms with Crippen molar-refractivity contribution in [2.24, 2.45) is 25.5 Å². The Bertz CT molecular complexity index is 6090. The first-order valence-electron chi connectivity index (χ1n) is 43.3. The Kier molecular flexibility index (Phi) is 61.3. The van der Waals surface area contributed by atoms with E-state index in [1.807, 2.05) is 74.5 Å². The van der Waals surface area contributed by atoms with E-state index in [4.69, 9.17) is 19.3 Å². The number of aliphatic hydroxyl groups excluding tert-OH is 1. The molecule has 0 saturated carbocycles. The fourth-order valence-corrected chi connectivity index (χ4v) is 11.7. The molecule has 1 heterocycles. The summed E-state index contributed by atoms with van der Waals surface area (Å²) in [6.45, 7) is 6.28. The minimum absolute atomic E-state index is 0.0440. The standard InChI is InChI=1S/C22H24N4O2.C21H23N3O4.C20H21N3O4.C19H19N3O2.C18H16N4O5.5CH3F/c1-23-21(27)12-9-17-5-4-6-19(15-17)22(28)25-24-16-18-7-10-20(11-8-18)26-13-2-3-14-26;1-14-10-16(12-18(27-3)20(14)28-4)13-23-24-21(26)17-7-5-6-15(11-17)8-9-19(25)22-2;1-21-19(25)9-8-15-4-2-6-17(12-15)20(26)23-22-14-16-5-3-7-18(13-16)27-11-10-24;1-14-6-8-16(9-7-14)13-21-22-19(24)17-5-3-4-15(12-17)10-11-18(23)20-2;1-19-17(24)8-5-12-3-2-4-13(9-12)18(25)21-20-11-14-10-15(23)6-7-16(14)22(26)27;5*1-2/h4-12,15-16H,2-3,13-14H2,1H3,(H,23,27)(H,25,28);5-13H,1-4H3,(H,22,25)(H,24,26);2-9,12-14,24H,10-11H2,1H3,(H,21,25)(H,23,26);3-13H,1-2H3,(H,20,23)(H,22,24);2-11,23H,1H3,(H,19,24)(H,21,25);5*1H3/b12-9+,24-16+;9-8+,23-13+;9-8+,22-14+;11-10+,21-13+;8-5+,20-11+;;;;;. The van der Waals surface area contributed by atoms with Gasteiger partial charge in [-0.25, -0.2) is 27.1 Å². The maximum Gasteiger partial charge on any atom is 0.278 e. The molecule has 10 aromatic carbocycles.